The van der Waals surface area contributed by atoms with Gasteiger partial charge in [-0.3, -0.25) is 0 Å². The van der Waals surface area contributed by atoms with Crippen LogP contribution in [0.3, 0.4) is 0 Å². The summed E-state index contributed by atoms with van der Waals surface area (Å²) >= 11 is 0. The van der Waals surface area contributed by atoms with E-state index in [-0.39, 0.29) is 0 Å². The summed E-state index contributed by atoms with van der Waals surface area (Å²) in [6.07, 6.45) is 4.53. The molecule has 16 heavy (non-hydrogen) atoms. The zero-order valence-electron chi connectivity index (χ0n) is 10.5. The molecule has 0 aliphatic heterocycles. The van der Waals surface area contributed by atoms with E-state index >= 15 is 0 Å². The second kappa shape index (κ2) is 4.40. The van der Waals surface area contributed by atoms with Crippen LogP contribution in [0.25, 0.3) is 0 Å². The third-order valence-corrected chi connectivity index (χ3v) is 3.22. The van der Waals surface area contributed by atoms with Crippen LogP contribution in [0.2, 0.25) is 0 Å². The molecule has 88 valence electrons. The fraction of sp³-hybridized carbons (Fsp3) is 0.692. The van der Waals surface area contributed by atoms with Gasteiger partial charge in [-0.05, 0) is 42.7 Å². The van der Waals surface area contributed by atoms with E-state index < -0.39 is 0 Å². The predicted octanol–water partition coefficient (Wildman–Crippen LogP) is 2.81. The Morgan fingerprint density at radius 2 is 2.19 bits per heavy atom. The van der Waals surface area contributed by atoms with Gasteiger partial charge in [0.2, 0.25) is 0 Å². The summed E-state index contributed by atoms with van der Waals surface area (Å²) < 4.78 is 0. The Morgan fingerprint density at radius 1 is 1.38 bits per heavy atom. The number of rotatable bonds is 3. The maximum absolute atomic E-state index is 4.33. The molecule has 0 atom stereocenters. The van der Waals surface area contributed by atoms with Crippen LogP contribution >= 0.6 is 0 Å². The highest BCUT2D eigenvalue weighted by atomic mass is 15.2. The van der Waals surface area contributed by atoms with Crippen LogP contribution < -0.4 is 5.32 Å². The van der Waals surface area contributed by atoms with Crippen LogP contribution in [0.4, 0.5) is 5.82 Å². The van der Waals surface area contributed by atoms with Gasteiger partial charge in [0.05, 0.1) is 5.69 Å². The number of hydrogen-bond donors (Lipinski definition) is 1. The van der Waals surface area contributed by atoms with Crippen molar-refractivity contribution in [3.05, 3.63) is 17.3 Å². The SMILES string of the molecule is CCCNc1cc2c(nn1)CCC(C)(C)C2. The van der Waals surface area contributed by atoms with Crippen LogP contribution in [0.15, 0.2) is 6.07 Å². The Labute approximate surface area is 97.7 Å². The van der Waals surface area contributed by atoms with Crippen molar-refractivity contribution in [2.75, 3.05) is 11.9 Å². The first-order valence-electron chi connectivity index (χ1n) is 6.20. The van der Waals surface area contributed by atoms with Crippen LogP contribution in [0, 0.1) is 5.41 Å². The quantitative estimate of drug-likeness (QED) is 0.849. The van der Waals surface area contributed by atoms with Crippen LogP contribution in [0.5, 0.6) is 0 Å². The van der Waals surface area contributed by atoms with Crippen molar-refractivity contribution in [2.45, 2.75) is 46.5 Å². The average molecular weight is 219 g/mol. The molecule has 0 fully saturated rings. The first kappa shape index (κ1) is 11.4. The Bertz CT molecular complexity index is 371. The van der Waals surface area contributed by atoms with Crippen molar-refractivity contribution in [1.29, 1.82) is 0 Å². The van der Waals surface area contributed by atoms with E-state index in [4.69, 9.17) is 0 Å². The van der Waals surface area contributed by atoms with Gasteiger partial charge in [-0.1, -0.05) is 20.8 Å². The summed E-state index contributed by atoms with van der Waals surface area (Å²) in [6.45, 7) is 7.78. The van der Waals surface area contributed by atoms with Crippen molar-refractivity contribution in [2.24, 2.45) is 5.41 Å². The Hall–Kier alpha value is -1.12. The molecular formula is C13H21N3. The molecule has 0 radical (unpaired) electrons. The molecule has 0 spiro atoms. The Balaban J connectivity index is 2.17. The van der Waals surface area contributed by atoms with Crippen molar-refractivity contribution >= 4 is 5.82 Å². The number of nitrogens with zero attached hydrogens (tertiary/aromatic N) is 2. The normalized spacial score (nSPS) is 17.9. The fourth-order valence-electron chi connectivity index (χ4n) is 2.22. The summed E-state index contributed by atoms with van der Waals surface area (Å²) in [7, 11) is 0. The molecule has 1 aromatic heterocycles. The molecule has 2 rings (SSSR count). The molecule has 1 aliphatic carbocycles. The molecule has 1 aromatic rings. The van der Waals surface area contributed by atoms with Gasteiger partial charge < -0.3 is 5.32 Å². The second-order valence-corrected chi connectivity index (χ2v) is 5.47. The van der Waals surface area contributed by atoms with E-state index in [9.17, 15) is 0 Å². The van der Waals surface area contributed by atoms with Crippen LogP contribution in [0.1, 0.15) is 44.9 Å². The molecule has 0 saturated carbocycles. The van der Waals surface area contributed by atoms with Crippen LogP contribution in [-0.2, 0) is 12.8 Å². The van der Waals surface area contributed by atoms with E-state index in [1.54, 1.807) is 0 Å². The Kier molecular flexibility index (Phi) is 3.13. The highest BCUT2D eigenvalue weighted by Crippen LogP contribution is 2.34. The monoisotopic (exact) mass is 219 g/mol. The summed E-state index contributed by atoms with van der Waals surface area (Å²) in [4.78, 5) is 0. The molecule has 1 N–H and O–H groups in total. The Morgan fingerprint density at radius 3 is 2.94 bits per heavy atom. The zero-order valence-corrected chi connectivity index (χ0v) is 10.5. The molecular weight excluding hydrogens is 198 g/mol. The van der Waals surface area contributed by atoms with E-state index in [0.717, 1.165) is 31.6 Å². The molecule has 0 saturated heterocycles. The van der Waals surface area contributed by atoms with Crippen LogP contribution in [-0.4, -0.2) is 16.7 Å². The molecule has 0 bridgehead atoms. The van der Waals surface area contributed by atoms with Crippen molar-refractivity contribution in [3.63, 3.8) is 0 Å². The lowest BCUT2D eigenvalue weighted by Crippen LogP contribution is -2.23. The van der Waals surface area contributed by atoms with Gasteiger partial charge in [0.1, 0.15) is 5.82 Å². The number of hydrogen-bond acceptors (Lipinski definition) is 3. The van der Waals surface area contributed by atoms with Crippen molar-refractivity contribution < 1.29 is 0 Å². The summed E-state index contributed by atoms with van der Waals surface area (Å²) in [5, 5.41) is 11.8. The van der Waals surface area contributed by atoms with Gasteiger partial charge >= 0.3 is 0 Å². The number of fused-ring (bicyclic) bond motifs is 1. The predicted molar refractivity (Wildman–Crippen MR) is 66.6 cm³/mol. The number of nitrogens with one attached hydrogen (secondary N) is 1. The van der Waals surface area contributed by atoms with E-state index in [1.807, 2.05) is 0 Å². The van der Waals surface area contributed by atoms with E-state index in [1.165, 1.54) is 17.7 Å². The molecule has 3 nitrogen and oxygen atoms in total. The molecule has 0 unspecified atom stereocenters. The summed E-state index contributed by atoms with van der Waals surface area (Å²) in [5.41, 5.74) is 2.99. The number of aryl methyl sites for hydroxylation is 1. The lowest BCUT2D eigenvalue weighted by molar-refractivity contribution is 0.311. The third-order valence-electron chi connectivity index (χ3n) is 3.22. The first-order chi connectivity index (χ1) is 7.61. The standard InChI is InChI=1S/C13H21N3/c1-4-7-14-12-8-10-9-13(2,3)6-5-11(10)15-16-12/h8H,4-7,9H2,1-3H3,(H,14,16). The van der Waals surface area contributed by atoms with E-state index in [0.29, 0.717) is 5.41 Å². The average Bonchev–Trinajstić information content (AvgIpc) is 2.24. The fourth-order valence-corrected chi connectivity index (χ4v) is 2.22. The third kappa shape index (κ3) is 2.52. The van der Waals surface area contributed by atoms with Gasteiger partial charge in [0, 0.05) is 6.54 Å². The van der Waals surface area contributed by atoms with E-state index in [2.05, 4.69) is 42.4 Å². The van der Waals surface area contributed by atoms with Gasteiger partial charge in [-0.25, -0.2) is 0 Å². The lowest BCUT2D eigenvalue weighted by atomic mass is 9.76. The van der Waals surface area contributed by atoms with Gasteiger partial charge in [0.25, 0.3) is 0 Å². The summed E-state index contributed by atoms with van der Waals surface area (Å²) in [6, 6.07) is 2.18. The smallest absolute Gasteiger partial charge is 0.148 e. The van der Waals surface area contributed by atoms with Gasteiger partial charge in [-0.15, -0.1) is 5.10 Å². The minimum Gasteiger partial charge on any atom is -0.369 e. The topological polar surface area (TPSA) is 37.8 Å². The molecule has 1 heterocycles. The highest BCUT2D eigenvalue weighted by Gasteiger charge is 2.26. The second-order valence-electron chi connectivity index (χ2n) is 5.47. The molecule has 0 aromatic carbocycles. The highest BCUT2D eigenvalue weighted by molar-refractivity contribution is 5.39. The zero-order chi connectivity index (χ0) is 11.6. The number of aromatic nitrogens is 2. The molecule has 3 heteroatoms. The molecule has 1 aliphatic rings. The van der Waals surface area contributed by atoms with Crippen molar-refractivity contribution in [1.82, 2.24) is 10.2 Å². The van der Waals surface area contributed by atoms with Gasteiger partial charge in [0.15, 0.2) is 0 Å². The first-order valence-corrected chi connectivity index (χ1v) is 6.20. The lowest BCUT2D eigenvalue weighted by Gasteiger charge is -2.30. The summed E-state index contributed by atoms with van der Waals surface area (Å²) in [5.74, 6) is 0.929. The van der Waals surface area contributed by atoms with Crippen molar-refractivity contribution in [3.8, 4) is 0 Å². The largest absolute Gasteiger partial charge is 0.369 e. The maximum atomic E-state index is 4.33. The molecule has 0 amide bonds. The minimum absolute atomic E-state index is 0.415. The number of anilines is 1. The van der Waals surface area contributed by atoms with Gasteiger partial charge in [-0.2, -0.15) is 5.10 Å². The minimum atomic E-state index is 0.415. The maximum Gasteiger partial charge on any atom is 0.148 e.